The number of hydrogen-bond acceptors (Lipinski definition) is 34. The molecule has 44 nitrogen and oxygen atoms in total. The number of halogens is 2. The van der Waals surface area contributed by atoms with Crippen molar-refractivity contribution >= 4 is 92.2 Å². The summed E-state index contributed by atoms with van der Waals surface area (Å²) in [4.78, 5) is 84.7. The molecular formula is C55H87Br2N20O24S3-. The van der Waals surface area contributed by atoms with Crippen molar-refractivity contribution in [2.24, 2.45) is 66.0 Å². The normalized spacial score (nSPS) is 36.8. The first-order chi connectivity index (χ1) is 48.6. The van der Waals surface area contributed by atoms with E-state index in [2.05, 4.69) is 76.1 Å². The molecule has 0 aromatic carbocycles. The van der Waals surface area contributed by atoms with Crippen molar-refractivity contribution in [2.75, 3.05) is 33.0 Å². The van der Waals surface area contributed by atoms with Crippen LogP contribution in [0.1, 0.15) is 89.5 Å². The van der Waals surface area contributed by atoms with E-state index < -0.39 is 186 Å². The molecule has 0 bridgehead atoms. The summed E-state index contributed by atoms with van der Waals surface area (Å²) in [5.74, 6) is -4.18. The number of azide groups is 6. The molecule has 0 aromatic heterocycles. The van der Waals surface area contributed by atoms with Crippen LogP contribution in [-0.4, -0.2) is 252 Å². The molecule has 12 unspecified atom stereocenters. The summed E-state index contributed by atoms with van der Waals surface area (Å²) in [6.45, 7) is 17.4. The minimum Gasteiger partial charge on any atom is -1.00 e. The number of hydrogen-bond donors (Lipinski definition) is 8. The smallest absolute Gasteiger partial charge is 0.303 e. The first-order valence-electron chi connectivity index (χ1n) is 31.6. The number of aliphatic hydroxyl groups is 6. The van der Waals surface area contributed by atoms with Crippen LogP contribution in [0.4, 0.5) is 0 Å². The van der Waals surface area contributed by atoms with Gasteiger partial charge in [-0.1, -0.05) is 123 Å². The lowest BCUT2D eigenvalue weighted by atomic mass is 9.85. The van der Waals surface area contributed by atoms with Gasteiger partial charge in [0.15, 0.2) is 5.17 Å². The minimum absolute atomic E-state index is 0. The molecule has 0 aromatic rings. The number of carbonyl (C=O) groups excluding carboxylic acids is 6. The van der Waals surface area contributed by atoms with Gasteiger partial charge < -0.3 is 110 Å². The number of amidine groups is 1. The predicted molar refractivity (Wildman–Crippen MR) is 364 cm³/mol. The van der Waals surface area contributed by atoms with Crippen LogP contribution in [0.2, 0.25) is 0 Å². The molecular weight excluding hydrogens is 1580 g/mol. The van der Waals surface area contributed by atoms with Crippen LogP contribution >= 0.6 is 51.2 Å². The molecule has 6 aliphatic heterocycles. The van der Waals surface area contributed by atoms with Gasteiger partial charge in [-0.05, 0) is 57.4 Å². The summed E-state index contributed by atoms with van der Waals surface area (Å²) in [5.41, 5.74) is 53.5. The number of nitrogens with zero attached hydrogens (tertiary/aromatic N) is 18. The Hall–Kier alpha value is -6.32. The molecule has 0 radical (unpaired) electrons. The molecule has 6 aliphatic rings. The van der Waals surface area contributed by atoms with Crippen molar-refractivity contribution in [3.05, 3.63) is 62.7 Å². The van der Waals surface area contributed by atoms with Crippen molar-refractivity contribution in [1.82, 2.24) is 0 Å². The Balaban J connectivity index is 0.000000485. The number of thioether (sulfide) groups is 3. The number of rotatable bonds is 23. The maximum atomic E-state index is 11.9. The second-order valence-corrected chi connectivity index (χ2v) is 28.3. The van der Waals surface area contributed by atoms with E-state index in [0.717, 1.165) is 11.8 Å². The maximum absolute atomic E-state index is 11.9. The number of esters is 6. The van der Waals surface area contributed by atoms with Gasteiger partial charge in [-0.2, -0.15) is 0 Å². The summed E-state index contributed by atoms with van der Waals surface area (Å²) >= 11 is 6.10. The van der Waals surface area contributed by atoms with E-state index in [1.165, 1.54) is 53.3 Å². The van der Waals surface area contributed by atoms with Gasteiger partial charge in [-0.25, -0.2) is 0 Å². The molecule has 6 heterocycles. The van der Waals surface area contributed by atoms with Crippen LogP contribution in [0.5, 0.6) is 0 Å². The highest BCUT2D eigenvalue weighted by Crippen LogP contribution is 2.45. The zero-order valence-corrected chi connectivity index (χ0v) is 63.8. The largest absolute Gasteiger partial charge is 1.00 e. The van der Waals surface area contributed by atoms with Crippen molar-refractivity contribution in [1.29, 1.82) is 5.41 Å². The zero-order chi connectivity index (χ0) is 77.7. The Kier molecular flexibility index (Phi) is 42.1. The standard InChI is InChI=1S/C21H32N6O8S.C12H20N6O8S.C12H19N5O5S.C10H16BrN3O3.BrH/c1-7-14-18(32-12(5)29)17(25-27-23)10(3)20(34-14)36-21-19(33-13(6)30)16(24-26-22)9(2)15(35-21)8-31-11(4)28;13-17-15-5-7(21)3(1-19)25-11(9(5)23)27-12-10(24)6(16-18-14)8(22)4(2-20)26-12;1-5-8(4-20-6(2)18)22-11(23-12(13)14)10(21-7(3)19)9(5)16-17-15;1-5-8(4-16-7(3)15)17-10(11)6(2)9(5)13-14-12;/h9-10,14-21H,7-8H2,1-6H3;3-12,19-24H,1-2H2;5,8-11H,4H2,1-3H3,(H3,13,14);5-6,8-10H,4H2,1-3H3;1H/p-1/t9-,10+,14?,15?,16-,17?,18-,19?,20-,21-;3?,4?,5-,6?,7-,8-,9?,10+,11-,12-;5-,8?,9-,10?,11-;5-,6?,8?,9-,10-;/m0000./s1. The molecule has 6 fully saturated rings. The molecule has 49 heteroatoms. The van der Waals surface area contributed by atoms with Crippen LogP contribution in [0.3, 0.4) is 0 Å². The Labute approximate surface area is 626 Å². The number of alkyl halides is 1. The van der Waals surface area contributed by atoms with Crippen molar-refractivity contribution in [2.45, 2.75) is 237 Å². The van der Waals surface area contributed by atoms with Crippen LogP contribution in [-0.2, 0) is 85.6 Å². The summed E-state index contributed by atoms with van der Waals surface area (Å²) in [6.07, 6.45) is -12.5. The molecule has 0 saturated carbocycles. The maximum Gasteiger partial charge on any atom is 0.303 e. The van der Waals surface area contributed by atoms with Crippen molar-refractivity contribution < 1.29 is 133 Å². The minimum atomic E-state index is -1.52. The molecule has 0 amide bonds. The number of nitrogens with two attached hydrogens (primary N) is 1. The van der Waals surface area contributed by atoms with Gasteiger partial charge in [0, 0.05) is 88.9 Å². The fraction of sp³-hybridized carbons (Fsp3) is 0.873. The summed E-state index contributed by atoms with van der Waals surface area (Å²) in [7, 11) is 0. The molecule has 6 rings (SSSR count). The van der Waals surface area contributed by atoms with Crippen LogP contribution in [0.15, 0.2) is 30.7 Å². The van der Waals surface area contributed by atoms with Gasteiger partial charge in [0.2, 0.25) is 0 Å². The Morgan fingerprint density at radius 2 is 0.740 bits per heavy atom. The van der Waals surface area contributed by atoms with E-state index in [0.29, 0.717) is 18.2 Å². The molecule has 584 valence electrons. The number of nitrogens with one attached hydrogen (secondary N) is 1. The number of aliphatic hydroxyl groups excluding tert-OH is 6. The number of ether oxygens (including phenoxy) is 12. The molecule has 6 saturated heterocycles. The number of carbonyl (C=O) groups is 6. The van der Waals surface area contributed by atoms with Crippen LogP contribution in [0.25, 0.3) is 62.7 Å². The van der Waals surface area contributed by atoms with Crippen molar-refractivity contribution in [3.8, 4) is 0 Å². The van der Waals surface area contributed by atoms with Gasteiger partial charge in [-0.15, -0.1) is 0 Å². The molecule has 30 atom stereocenters. The van der Waals surface area contributed by atoms with E-state index >= 15 is 0 Å². The van der Waals surface area contributed by atoms with Gasteiger partial charge in [-0.3, -0.25) is 34.2 Å². The van der Waals surface area contributed by atoms with Gasteiger partial charge >= 0.3 is 35.8 Å². The highest BCUT2D eigenvalue weighted by atomic mass is 79.9. The SMILES string of the molecule is CC(=O)OCC1O[C@@H](SC(=N)N)C(OC(C)=O)[C@@H](N=[N+]=[N-])[C@H]1C.CC(=O)OCC1O[C@H](Br)C(C)[C@@H](N=[N+]=[N-])[C@H]1C.CCC1O[C@@H](S[C@@H]2OC(COC(C)=O)[C@H](C)[C@H](N=[N+]=[N-])C2OC(C)=O)[C@H](C)C(N=[N+]=[N-])[C@H]1OC(C)=O.[Br-].[N-]=[N+]=NC1[C@@H](O)C(CO)O[C@@H](S[C@@H]2OC(CO)[C@H](O)[C@H](N=[N+]=[N-])C2O)[C@@H]1O. The third-order valence-corrected chi connectivity index (χ3v) is 21.4. The first-order valence-corrected chi connectivity index (χ1v) is 35.3. The highest BCUT2D eigenvalue weighted by molar-refractivity contribution is 9.09. The Morgan fingerprint density at radius 1 is 0.433 bits per heavy atom. The molecule has 9 N–H and O–H groups in total. The van der Waals surface area contributed by atoms with E-state index in [-0.39, 0.29) is 82.9 Å². The first kappa shape index (κ1) is 93.8. The fourth-order valence-electron chi connectivity index (χ4n) is 11.4. The lowest BCUT2D eigenvalue weighted by Gasteiger charge is -2.47. The van der Waals surface area contributed by atoms with Crippen LogP contribution in [0, 0.1) is 35.0 Å². The second kappa shape index (κ2) is 46.7. The molecule has 0 spiro atoms. The zero-order valence-electron chi connectivity index (χ0n) is 58.2. The Morgan fingerprint density at radius 3 is 1.10 bits per heavy atom. The lowest BCUT2D eigenvalue weighted by Crippen LogP contribution is -3.00. The summed E-state index contributed by atoms with van der Waals surface area (Å²) in [6, 6.07) is -5.10. The Bertz CT molecular complexity index is 3110. The predicted octanol–water partition coefficient (Wildman–Crippen LogP) is 2.36. The average molecular weight is 1670 g/mol. The van der Waals surface area contributed by atoms with Crippen LogP contribution < -0.4 is 22.7 Å². The third kappa shape index (κ3) is 27.5. The third-order valence-electron chi connectivity index (χ3n) is 16.7. The average Bonchev–Trinajstić information content (AvgIpc) is 0.793. The van der Waals surface area contributed by atoms with Gasteiger partial charge in [0.05, 0.1) is 80.0 Å². The molecule has 0 aliphatic carbocycles. The lowest BCUT2D eigenvalue weighted by molar-refractivity contribution is -0.179. The van der Waals surface area contributed by atoms with Gasteiger partial charge in [0.25, 0.3) is 0 Å². The van der Waals surface area contributed by atoms with E-state index in [1.54, 1.807) is 20.8 Å². The highest BCUT2D eigenvalue weighted by Gasteiger charge is 2.53. The van der Waals surface area contributed by atoms with E-state index in [9.17, 15) is 64.9 Å². The monoisotopic (exact) mass is 1670 g/mol. The van der Waals surface area contributed by atoms with E-state index in [1.807, 2.05) is 20.8 Å². The quantitative estimate of drug-likeness (QED) is 0.0106. The topological polar surface area (TPSA) is 677 Å². The van der Waals surface area contributed by atoms with Crippen molar-refractivity contribution in [3.63, 3.8) is 0 Å². The van der Waals surface area contributed by atoms with Gasteiger partial charge in [0.1, 0.15) is 94.7 Å². The fourth-order valence-corrected chi connectivity index (χ4v) is 15.5. The summed E-state index contributed by atoms with van der Waals surface area (Å²) < 4.78 is 65.9. The molecule has 104 heavy (non-hydrogen) atoms. The van der Waals surface area contributed by atoms with E-state index in [4.69, 9.17) is 95.6 Å². The summed E-state index contributed by atoms with van der Waals surface area (Å²) in [5, 5.41) is 88.2. The second-order valence-electron chi connectivity index (χ2n) is 23.8.